The van der Waals surface area contributed by atoms with E-state index < -0.39 is 0 Å². The first-order chi connectivity index (χ1) is 11.7. The third kappa shape index (κ3) is 3.78. The standard InChI is InChI=1S/C21H25NO2/c1-15(23)22-11-10-18-13-19(16-6-4-3-5-7-16)12-17-8-9-20(24-2)14-21(17)18/h3-9,14,18-19H,10-13H2,1-2H3,(H,22,23)/t18-,19-/m0/s1. The van der Waals surface area contributed by atoms with Gasteiger partial charge in [0.15, 0.2) is 0 Å². The molecule has 0 saturated carbocycles. The Morgan fingerprint density at radius 3 is 2.71 bits per heavy atom. The van der Waals surface area contributed by atoms with Gasteiger partial charge in [-0.2, -0.15) is 0 Å². The van der Waals surface area contributed by atoms with Crippen LogP contribution in [0.15, 0.2) is 48.5 Å². The van der Waals surface area contributed by atoms with Crippen LogP contribution in [0.3, 0.4) is 0 Å². The van der Waals surface area contributed by atoms with Crippen molar-refractivity contribution >= 4 is 5.91 Å². The van der Waals surface area contributed by atoms with Crippen molar-refractivity contribution in [3.05, 3.63) is 65.2 Å². The maximum atomic E-state index is 11.2. The first-order valence-electron chi connectivity index (χ1n) is 8.63. The molecule has 2 aromatic carbocycles. The molecule has 3 nitrogen and oxygen atoms in total. The van der Waals surface area contributed by atoms with Gasteiger partial charge in [0.05, 0.1) is 7.11 Å². The van der Waals surface area contributed by atoms with Crippen LogP contribution >= 0.6 is 0 Å². The third-order valence-electron chi connectivity index (χ3n) is 4.97. The number of rotatable bonds is 5. The molecule has 24 heavy (non-hydrogen) atoms. The van der Waals surface area contributed by atoms with Crippen molar-refractivity contribution < 1.29 is 9.53 Å². The summed E-state index contributed by atoms with van der Waals surface area (Å²) in [5, 5.41) is 2.94. The van der Waals surface area contributed by atoms with Crippen molar-refractivity contribution in [2.75, 3.05) is 13.7 Å². The molecule has 1 N–H and O–H groups in total. The molecular weight excluding hydrogens is 298 g/mol. The monoisotopic (exact) mass is 323 g/mol. The van der Waals surface area contributed by atoms with Gasteiger partial charge in [0.25, 0.3) is 0 Å². The molecule has 3 rings (SSSR count). The summed E-state index contributed by atoms with van der Waals surface area (Å²) in [6.45, 7) is 2.29. The minimum absolute atomic E-state index is 0.0382. The zero-order chi connectivity index (χ0) is 16.9. The second-order valence-corrected chi connectivity index (χ2v) is 6.58. The van der Waals surface area contributed by atoms with E-state index in [1.54, 1.807) is 14.0 Å². The van der Waals surface area contributed by atoms with Gasteiger partial charge in [0.1, 0.15) is 5.75 Å². The van der Waals surface area contributed by atoms with E-state index in [9.17, 15) is 4.79 Å². The van der Waals surface area contributed by atoms with Gasteiger partial charge in [0.2, 0.25) is 5.91 Å². The van der Waals surface area contributed by atoms with Gasteiger partial charge in [-0.15, -0.1) is 0 Å². The highest BCUT2D eigenvalue weighted by Gasteiger charge is 2.28. The Morgan fingerprint density at radius 1 is 1.21 bits per heavy atom. The summed E-state index contributed by atoms with van der Waals surface area (Å²) < 4.78 is 5.41. The van der Waals surface area contributed by atoms with Crippen LogP contribution in [-0.4, -0.2) is 19.6 Å². The van der Waals surface area contributed by atoms with Crippen LogP contribution in [0.2, 0.25) is 0 Å². The number of carbonyl (C=O) groups excluding carboxylic acids is 1. The number of hydrogen-bond acceptors (Lipinski definition) is 2. The molecule has 0 bridgehead atoms. The van der Waals surface area contributed by atoms with E-state index in [4.69, 9.17) is 4.74 Å². The number of carbonyl (C=O) groups is 1. The quantitative estimate of drug-likeness (QED) is 0.902. The number of amides is 1. The van der Waals surface area contributed by atoms with Crippen molar-refractivity contribution in [2.24, 2.45) is 0 Å². The minimum Gasteiger partial charge on any atom is -0.497 e. The van der Waals surface area contributed by atoms with Gasteiger partial charge in [-0.3, -0.25) is 4.79 Å². The Hall–Kier alpha value is -2.29. The maximum Gasteiger partial charge on any atom is 0.216 e. The lowest BCUT2D eigenvalue weighted by Gasteiger charge is -2.32. The fourth-order valence-corrected chi connectivity index (χ4v) is 3.76. The van der Waals surface area contributed by atoms with Gasteiger partial charge in [-0.25, -0.2) is 0 Å². The first-order valence-corrected chi connectivity index (χ1v) is 8.63. The smallest absolute Gasteiger partial charge is 0.216 e. The molecule has 126 valence electrons. The number of methoxy groups -OCH3 is 1. The molecule has 0 heterocycles. The van der Waals surface area contributed by atoms with E-state index in [2.05, 4.69) is 53.8 Å². The normalized spacial score (nSPS) is 19.4. The lowest BCUT2D eigenvalue weighted by atomic mass is 9.73. The molecule has 1 amide bonds. The second kappa shape index (κ2) is 7.52. The van der Waals surface area contributed by atoms with Crippen LogP contribution in [0.5, 0.6) is 5.75 Å². The van der Waals surface area contributed by atoms with Crippen LogP contribution in [0.4, 0.5) is 0 Å². The summed E-state index contributed by atoms with van der Waals surface area (Å²) in [5.41, 5.74) is 4.19. The molecule has 3 heteroatoms. The Labute approximate surface area is 144 Å². The summed E-state index contributed by atoms with van der Waals surface area (Å²) in [7, 11) is 1.71. The Morgan fingerprint density at radius 2 is 2.00 bits per heavy atom. The molecule has 0 radical (unpaired) electrons. The number of hydrogen-bond donors (Lipinski definition) is 1. The molecule has 0 aromatic heterocycles. The molecule has 0 fully saturated rings. The van der Waals surface area contributed by atoms with Gasteiger partial charge >= 0.3 is 0 Å². The summed E-state index contributed by atoms with van der Waals surface area (Å²) in [4.78, 5) is 11.2. The van der Waals surface area contributed by atoms with Crippen LogP contribution in [0.1, 0.15) is 48.3 Å². The Balaban J connectivity index is 1.85. The second-order valence-electron chi connectivity index (χ2n) is 6.58. The van der Waals surface area contributed by atoms with Crippen LogP contribution in [0, 0.1) is 0 Å². The highest BCUT2D eigenvalue weighted by Crippen LogP contribution is 2.42. The van der Waals surface area contributed by atoms with Gasteiger partial charge < -0.3 is 10.1 Å². The molecule has 2 atom stereocenters. The predicted octanol–water partition coefficient (Wildman–Crippen LogP) is 4.04. The van der Waals surface area contributed by atoms with Crippen LogP contribution < -0.4 is 10.1 Å². The van der Waals surface area contributed by atoms with Crippen molar-refractivity contribution in [3.63, 3.8) is 0 Å². The topological polar surface area (TPSA) is 38.3 Å². The number of nitrogens with one attached hydrogen (secondary N) is 1. The average molecular weight is 323 g/mol. The molecule has 0 saturated heterocycles. The van der Waals surface area contributed by atoms with Crippen molar-refractivity contribution in [1.29, 1.82) is 0 Å². The lowest BCUT2D eigenvalue weighted by molar-refractivity contribution is -0.118. The molecule has 0 aliphatic heterocycles. The summed E-state index contributed by atoms with van der Waals surface area (Å²) in [6.07, 6.45) is 3.15. The molecule has 1 aliphatic carbocycles. The van der Waals surface area contributed by atoms with Gasteiger partial charge in [0, 0.05) is 13.5 Å². The molecular formula is C21H25NO2. The highest BCUT2D eigenvalue weighted by atomic mass is 16.5. The maximum absolute atomic E-state index is 11.2. The van der Waals surface area contributed by atoms with Gasteiger partial charge in [-0.1, -0.05) is 36.4 Å². The average Bonchev–Trinajstić information content (AvgIpc) is 2.61. The van der Waals surface area contributed by atoms with E-state index in [1.807, 2.05) is 0 Å². The fourth-order valence-electron chi connectivity index (χ4n) is 3.76. The Bertz CT molecular complexity index is 696. The van der Waals surface area contributed by atoms with Crippen molar-refractivity contribution in [3.8, 4) is 5.75 Å². The summed E-state index contributed by atoms with van der Waals surface area (Å²) in [6, 6.07) is 17.2. The molecule has 2 aromatic rings. The van der Waals surface area contributed by atoms with Gasteiger partial charge in [-0.05, 0) is 59.9 Å². The molecule has 1 aliphatic rings. The van der Waals surface area contributed by atoms with Crippen LogP contribution in [0.25, 0.3) is 0 Å². The molecule has 0 unspecified atom stereocenters. The fraction of sp³-hybridized carbons (Fsp3) is 0.381. The zero-order valence-electron chi connectivity index (χ0n) is 14.4. The Kier molecular flexibility index (Phi) is 5.19. The van der Waals surface area contributed by atoms with E-state index in [0.29, 0.717) is 11.8 Å². The predicted molar refractivity (Wildman–Crippen MR) is 96.5 cm³/mol. The summed E-state index contributed by atoms with van der Waals surface area (Å²) >= 11 is 0. The minimum atomic E-state index is 0.0382. The van der Waals surface area contributed by atoms with E-state index in [-0.39, 0.29) is 5.91 Å². The summed E-state index contributed by atoms with van der Waals surface area (Å²) in [5.74, 6) is 1.93. The number of fused-ring (bicyclic) bond motifs is 1. The van der Waals surface area contributed by atoms with Crippen LogP contribution in [-0.2, 0) is 11.2 Å². The zero-order valence-corrected chi connectivity index (χ0v) is 14.4. The highest BCUT2D eigenvalue weighted by molar-refractivity contribution is 5.72. The molecule has 0 spiro atoms. The number of benzene rings is 2. The van der Waals surface area contributed by atoms with E-state index >= 15 is 0 Å². The van der Waals surface area contributed by atoms with E-state index in [0.717, 1.165) is 31.6 Å². The van der Waals surface area contributed by atoms with E-state index in [1.165, 1.54) is 16.7 Å². The number of ether oxygens (including phenoxy) is 1. The van der Waals surface area contributed by atoms with Crippen molar-refractivity contribution in [2.45, 2.75) is 38.0 Å². The third-order valence-corrected chi connectivity index (χ3v) is 4.97. The largest absolute Gasteiger partial charge is 0.497 e. The lowest BCUT2D eigenvalue weighted by Crippen LogP contribution is -2.25. The first kappa shape index (κ1) is 16.6. The van der Waals surface area contributed by atoms with Crippen molar-refractivity contribution in [1.82, 2.24) is 5.32 Å². The SMILES string of the molecule is COc1ccc2c(c1)[C@@H](CCNC(C)=O)C[C@@H](c1ccccc1)C2.